The van der Waals surface area contributed by atoms with E-state index in [0.29, 0.717) is 18.4 Å². The van der Waals surface area contributed by atoms with E-state index in [1.165, 1.54) is 0 Å². The van der Waals surface area contributed by atoms with Crippen LogP contribution < -0.4 is 0 Å². The van der Waals surface area contributed by atoms with Crippen LogP contribution in [0.3, 0.4) is 0 Å². The Morgan fingerprint density at radius 1 is 1.70 bits per heavy atom. The number of carbonyl (C=O) groups is 1. The molecule has 0 rings (SSSR count). The van der Waals surface area contributed by atoms with Gasteiger partial charge in [-0.1, -0.05) is 19.1 Å². The van der Waals surface area contributed by atoms with Crippen LogP contribution in [0, 0.1) is 0 Å². The molecule has 0 spiro atoms. The van der Waals surface area contributed by atoms with Crippen molar-refractivity contribution in [1.82, 2.24) is 0 Å². The summed E-state index contributed by atoms with van der Waals surface area (Å²) in [5.74, 6) is -0.829. The minimum absolute atomic E-state index is 0.458. The van der Waals surface area contributed by atoms with Crippen molar-refractivity contribution >= 4 is 5.97 Å². The van der Waals surface area contributed by atoms with Gasteiger partial charge >= 0.3 is 5.97 Å². The Kier molecular flexibility index (Phi) is 4.29. The van der Waals surface area contributed by atoms with Crippen molar-refractivity contribution < 1.29 is 9.90 Å². The van der Waals surface area contributed by atoms with Crippen LogP contribution in [0.15, 0.2) is 24.3 Å². The third-order valence-corrected chi connectivity index (χ3v) is 1.19. The largest absolute Gasteiger partial charge is 0.478 e. The Labute approximate surface area is 60.9 Å². The van der Waals surface area contributed by atoms with Gasteiger partial charge in [-0.15, -0.1) is 6.58 Å². The van der Waals surface area contributed by atoms with Crippen molar-refractivity contribution in [2.45, 2.75) is 19.8 Å². The first-order valence-corrected chi connectivity index (χ1v) is 3.25. The molecule has 0 unspecified atom stereocenters. The highest BCUT2D eigenvalue weighted by Gasteiger charge is 2.00. The van der Waals surface area contributed by atoms with Crippen molar-refractivity contribution in [3.63, 3.8) is 0 Å². The van der Waals surface area contributed by atoms with Crippen molar-refractivity contribution in [3.8, 4) is 0 Å². The lowest BCUT2D eigenvalue weighted by Gasteiger charge is -1.93. The van der Waals surface area contributed by atoms with Crippen molar-refractivity contribution in [2.75, 3.05) is 0 Å². The number of allylic oxidation sites excluding steroid dienone is 2. The fraction of sp³-hybridized carbons (Fsp3) is 0.375. The number of carboxylic acids is 1. The molecule has 0 aliphatic rings. The Balaban J connectivity index is 4.03. The topological polar surface area (TPSA) is 37.3 Å². The third kappa shape index (κ3) is 3.07. The van der Waals surface area contributed by atoms with E-state index in [9.17, 15) is 4.79 Å². The zero-order chi connectivity index (χ0) is 7.98. The first-order chi connectivity index (χ1) is 4.72. The fourth-order valence-electron chi connectivity index (χ4n) is 0.608. The zero-order valence-electron chi connectivity index (χ0n) is 6.13. The second kappa shape index (κ2) is 4.79. The predicted octanol–water partition coefficient (Wildman–Crippen LogP) is 1.98. The molecule has 0 aromatic heterocycles. The summed E-state index contributed by atoms with van der Waals surface area (Å²) in [4.78, 5) is 10.3. The van der Waals surface area contributed by atoms with Gasteiger partial charge in [-0.05, 0) is 12.8 Å². The molecule has 2 nitrogen and oxygen atoms in total. The van der Waals surface area contributed by atoms with E-state index in [-0.39, 0.29) is 0 Å². The van der Waals surface area contributed by atoms with E-state index in [1.54, 1.807) is 12.2 Å². The van der Waals surface area contributed by atoms with E-state index in [0.717, 1.165) is 0 Å². The molecular weight excluding hydrogens is 128 g/mol. The van der Waals surface area contributed by atoms with Crippen LogP contribution in [0.1, 0.15) is 19.8 Å². The number of hydrogen-bond donors (Lipinski definition) is 1. The highest BCUT2D eigenvalue weighted by molar-refractivity contribution is 5.86. The molecule has 0 aromatic rings. The minimum atomic E-state index is -0.829. The maximum absolute atomic E-state index is 10.3. The van der Waals surface area contributed by atoms with Crippen LogP contribution in [0.5, 0.6) is 0 Å². The van der Waals surface area contributed by atoms with E-state index in [2.05, 4.69) is 6.58 Å². The lowest BCUT2D eigenvalue weighted by atomic mass is 10.2. The molecule has 0 heterocycles. The van der Waals surface area contributed by atoms with Crippen LogP contribution in [0.4, 0.5) is 0 Å². The fourth-order valence-corrected chi connectivity index (χ4v) is 0.608. The van der Waals surface area contributed by atoms with Crippen LogP contribution in [-0.2, 0) is 4.79 Å². The molecule has 0 fully saturated rings. The molecule has 0 aromatic carbocycles. The first kappa shape index (κ1) is 8.95. The lowest BCUT2D eigenvalue weighted by Crippen LogP contribution is -1.98. The zero-order valence-corrected chi connectivity index (χ0v) is 6.13. The monoisotopic (exact) mass is 140 g/mol. The average Bonchev–Trinajstić information content (AvgIpc) is 1.89. The molecule has 1 N–H and O–H groups in total. The molecule has 0 aliphatic carbocycles. The Morgan fingerprint density at radius 3 is 2.60 bits per heavy atom. The van der Waals surface area contributed by atoms with Gasteiger partial charge in [0.05, 0.1) is 0 Å². The Bertz CT molecular complexity index is 157. The van der Waals surface area contributed by atoms with Crippen LogP contribution in [-0.4, -0.2) is 11.1 Å². The first-order valence-electron chi connectivity index (χ1n) is 3.25. The summed E-state index contributed by atoms with van der Waals surface area (Å²) in [6.45, 7) is 5.31. The molecule has 0 bridgehead atoms. The molecule has 0 radical (unpaired) electrons. The number of hydrogen-bond acceptors (Lipinski definition) is 1. The molecule has 0 aliphatic heterocycles. The van der Waals surface area contributed by atoms with Gasteiger partial charge in [-0.3, -0.25) is 0 Å². The van der Waals surface area contributed by atoms with Gasteiger partial charge in [-0.25, -0.2) is 4.79 Å². The Hall–Kier alpha value is -1.05. The van der Waals surface area contributed by atoms with E-state index < -0.39 is 5.97 Å². The van der Waals surface area contributed by atoms with E-state index in [4.69, 9.17) is 5.11 Å². The van der Waals surface area contributed by atoms with Gasteiger partial charge in [0.1, 0.15) is 0 Å². The van der Waals surface area contributed by atoms with Crippen molar-refractivity contribution in [2.24, 2.45) is 0 Å². The summed E-state index contributed by atoms with van der Waals surface area (Å²) in [7, 11) is 0. The smallest absolute Gasteiger partial charge is 0.331 e. The van der Waals surface area contributed by atoms with E-state index >= 15 is 0 Å². The maximum atomic E-state index is 10.3. The standard InChI is InChI=1S/C8H12O2/c1-3-5-6-7(4-2)8(9)10/h3,6H,1,4-5H2,2H3,(H,9,10)/b7-6-. The van der Waals surface area contributed by atoms with Crippen LogP contribution >= 0.6 is 0 Å². The summed E-state index contributed by atoms with van der Waals surface area (Å²) < 4.78 is 0. The van der Waals surface area contributed by atoms with Crippen molar-refractivity contribution in [1.29, 1.82) is 0 Å². The number of rotatable bonds is 4. The number of carboxylic acid groups (broad SMARTS) is 1. The number of aliphatic carboxylic acids is 1. The molecule has 0 amide bonds. The SMILES string of the molecule is C=CC/C=C(/CC)C(=O)O. The summed E-state index contributed by atoms with van der Waals surface area (Å²) in [5, 5.41) is 8.50. The molecule has 0 saturated carbocycles. The van der Waals surface area contributed by atoms with Gasteiger partial charge in [0.25, 0.3) is 0 Å². The average molecular weight is 140 g/mol. The van der Waals surface area contributed by atoms with Gasteiger partial charge in [0, 0.05) is 5.57 Å². The quantitative estimate of drug-likeness (QED) is 0.479. The van der Waals surface area contributed by atoms with Gasteiger partial charge in [-0.2, -0.15) is 0 Å². The Morgan fingerprint density at radius 2 is 2.30 bits per heavy atom. The molecular formula is C8H12O2. The molecule has 56 valence electrons. The lowest BCUT2D eigenvalue weighted by molar-refractivity contribution is -0.132. The van der Waals surface area contributed by atoms with Gasteiger partial charge in [0.2, 0.25) is 0 Å². The molecule has 0 saturated heterocycles. The summed E-state index contributed by atoms with van der Waals surface area (Å²) in [6.07, 6.45) is 4.56. The van der Waals surface area contributed by atoms with Gasteiger partial charge in [0.15, 0.2) is 0 Å². The second-order valence-corrected chi connectivity index (χ2v) is 1.91. The summed E-state index contributed by atoms with van der Waals surface area (Å²) in [6, 6.07) is 0. The second-order valence-electron chi connectivity index (χ2n) is 1.91. The highest BCUT2D eigenvalue weighted by atomic mass is 16.4. The van der Waals surface area contributed by atoms with Crippen LogP contribution in [0.25, 0.3) is 0 Å². The minimum Gasteiger partial charge on any atom is -0.478 e. The van der Waals surface area contributed by atoms with Gasteiger partial charge < -0.3 is 5.11 Å². The van der Waals surface area contributed by atoms with Crippen LogP contribution in [0.2, 0.25) is 0 Å². The molecule has 10 heavy (non-hydrogen) atoms. The summed E-state index contributed by atoms with van der Waals surface area (Å²) >= 11 is 0. The van der Waals surface area contributed by atoms with Crippen molar-refractivity contribution in [3.05, 3.63) is 24.3 Å². The highest BCUT2D eigenvalue weighted by Crippen LogP contribution is 2.01. The predicted molar refractivity (Wildman–Crippen MR) is 40.8 cm³/mol. The molecule has 2 heteroatoms. The molecule has 0 atom stereocenters. The summed E-state index contributed by atoms with van der Waals surface area (Å²) in [5.41, 5.74) is 0.458. The maximum Gasteiger partial charge on any atom is 0.331 e. The van der Waals surface area contributed by atoms with E-state index in [1.807, 2.05) is 6.92 Å². The normalized spacial score (nSPS) is 11.1. The third-order valence-electron chi connectivity index (χ3n) is 1.19.